The van der Waals surface area contributed by atoms with E-state index in [-0.39, 0.29) is 23.8 Å². The Morgan fingerprint density at radius 1 is 1.33 bits per heavy atom. The molecule has 2 heterocycles. The molecular weight excluding hydrogens is 306 g/mol. The van der Waals surface area contributed by atoms with Crippen LogP contribution in [0.5, 0.6) is 0 Å². The molecule has 21 heavy (non-hydrogen) atoms. The normalized spacial score (nSPS) is 13.3. The van der Waals surface area contributed by atoms with Gasteiger partial charge in [0.05, 0.1) is 11.3 Å². The van der Waals surface area contributed by atoms with Crippen LogP contribution in [0.3, 0.4) is 0 Å². The first-order valence-corrected chi connectivity index (χ1v) is 8.44. The third-order valence-corrected chi connectivity index (χ3v) is 5.07. The number of rotatable bonds is 5. The summed E-state index contributed by atoms with van der Waals surface area (Å²) < 4.78 is 2.19. The van der Waals surface area contributed by atoms with E-state index in [0.29, 0.717) is 11.3 Å². The second-order valence-electron chi connectivity index (χ2n) is 6.29. The van der Waals surface area contributed by atoms with Gasteiger partial charge in [0.25, 0.3) is 5.91 Å². The van der Waals surface area contributed by atoms with Crippen molar-refractivity contribution in [1.82, 2.24) is 5.32 Å². The van der Waals surface area contributed by atoms with Crippen molar-refractivity contribution >= 4 is 43.9 Å². The Morgan fingerprint density at radius 2 is 2.05 bits per heavy atom. The lowest BCUT2D eigenvalue weighted by molar-refractivity contribution is -0.137. The zero-order valence-corrected chi connectivity index (χ0v) is 13.9. The van der Waals surface area contributed by atoms with Crippen LogP contribution in [0.25, 0.3) is 9.40 Å². The summed E-state index contributed by atoms with van der Waals surface area (Å²) in [5.74, 6) is -1.07. The SMILES string of the molecule is CC(C)(C)CC(CC(=O)O)NC(=O)c1cc2sccc2s1. The molecule has 0 bridgehead atoms. The van der Waals surface area contributed by atoms with Crippen LogP contribution in [0.4, 0.5) is 0 Å². The molecule has 0 spiro atoms. The molecule has 0 fully saturated rings. The number of carboxylic acids is 1. The smallest absolute Gasteiger partial charge is 0.305 e. The average molecular weight is 325 g/mol. The molecule has 6 heteroatoms. The number of carboxylic acid groups (broad SMARTS) is 1. The van der Waals surface area contributed by atoms with Crippen LogP contribution in [0.2, 0.25) is 0 Å². The van der Waals surface area contributed by atoms with Gasteiger partial charge in [-0.25, -0.2) is 0 Å². The van der Waals surface area contributed by atoms with E-state index < -0.39 is 5.97 Å². The molecule has 4 nitrogen and oxygen atoms in total. The van der Waals surface area contributed by atoms with E-state index in [2.05, 4.69) is 5.32 Å². The summed E-state index contributed by atoms with van der Waals surface area (Å²) in [4.78, 5) is 23.9. The fraction of sp³-hybridized carbons (Fsp3) is 0.467. The van der Waals surface area contributed by atoms with E-state index in [1.54, 1.807) is 11.3 Å². The van der Waals surface area contributed by atoms with Crippen molar-refractivity contribution in [3.63, 3.8) is 0 Å². The lowest BCUT2D eigenvalue weighted by atomic mass is 9.87. The maximum absolute atomic E-state index is 12.3. The highest BCUT2D eigenvalue weighted by Crippen LogP contribution is 2.30. The minimum absolute atomic E-state index is 0.0385. The van der Waals surface area contributed by atoms with Crippen molar-refractivity contribution in [1.29, 1.82) is 0 Å². The Kier molecular flexibility index (Phi) is 4.68. The Hall–Kier alpha value is -1.40. The topological polar surface area (TPSA) is 66.4 Å². The van der Waals surface area contributed by atoms with Gasteiger partial charge < -0.3 is 10.4 Å². The van der Waals surface area contributed by atoms with Crippen LogP contribution >= 0.6 is 22.7 Å². The van der Waals surface area contributed by atoms with E-state index in [1.165, 1.54) is 11.3 Å². The minimum atomic E-state index is -0.892. The van der Waals surface area contributed by atoms with Crippen LogP contribution in [0, 0.1) is 5.41 Å². The molecule has 0 aliphatic carbocycles. The molecule has 2 rings (SSSR count). The molecule has 0 aromatic carbocycles. The third kappa shape index (κ3) is 4.54. The van der Waals surface area contributed by atoms with E-state index in [1.807, 2.05) is 38.3 Å². The van der Waals surface area contributed by atoms with Gasteiger partial charge in [-0.2, -0.15) is 0 Å². The Labute approximate surface area is 131 Å². The highest BCUT2D eigenvalue weighted by Gasteiger charge is 2.23. The number of aliphatic carboxylic acids is 1. The number of thiophene rings is 2. The summed E-state index contributed by atoms with van der Waals surface area (Å²) in [5.41, 5.74) is -0.0385. The number of hydrogen-bond donors (Lipinski definition) is 2. The van der Waals surface area contributed by atoms with Gasteiger partial charge in [-0.05, 0) is 29.3 Å². The van der Waals surface area contributed by atoms with Crippen LogP contribution in [0.1, 0.15) is 43.3 Å². The summed E-state index contributed by atoms with van der Waals surface area (Å²) in [5, 5.41) is 13.9. The van der Waals surface area contributed by atoms with Crippen LogP contribution < -0.4 is 5.32 Å². The molecular formula is C15H19NO3S2. The number of carbonyl (C=O) groups is 2. The second kappa shape index (κ2) is 6.15. The van der Waals surface area contributed by atoms with Crippen molar-refractivity contribution in [2.75, 3.05) is 0 Å². The quantitative estimate of drug-likeness (QED) is 0.874. The number of nitrogens with one attached hydrogen (secondary N) is 1. The van der Waals surface area contributed by atoms with Gasteiger partial charge in [-0.1, -0.05) is 20.8 Å². The number of amides is 1. The lowest BCUT2D eigenvalue weighted by Gasteiger charge is -2.25. The summed E-state index contributed by atoms with van der Waals surface area (Å²) in [6, 6.07) is 3.51. The fourth-order valence-corrected chi connectivity index (χ4v) is 4.27. The van der Waals surface area contributed by atoms with Gasteiger partial charge in [0.2, 0.25) is 0 Å². The second-order valence-corrected chi connectivity index (χ2v) is 8.32. The van der Waals surface area contributed by atoms with Gasteiger partial charge in [-0.15, -0.1) is 22.7 Å². The highest BCUT2D eigenvalue weighted by atomic mass is 32.1. The predicted molar refractivity (Wildman–Crippen MR) is 87.3 cm³/mol. The van der Waals surface area contributed by atoms with Crippen LogP contribution in [-0.2, 0) is 4.79 Å². The largest absolute Gasteiger partial charge is 0.481 e. The molecule has 2 N–H and O–H groups in total. The highest BCUT2D eigenvalue weighted by molar-refractivity contribution is 7.27. The van der Waals surface area contributed by atoms with Gasteiger partial charge in [-0.3, -0.25) is 9.59 Å². The van der Waals surface area contributed by atoms with Gasteiger partial charge in [0, 0.05) is 15.4 Å². The van der Waals surface area contributed by atoms with Gasteiger partial charge in [0.15, 0.2) is 0 Å². The van der Waals surface area contributed by atoms with Crippen LogP contribution in [-0.4, -0.2) is 23.0 Å². The Balaban J connectivity index is 2.09. The number of carbonyl (C=O) groups excluding carboxylic acids is 1. The summed E-state index contributed by atoms with van der Waals surface area (Å²) in [6.07, 6.45) is 0.577. The number of fused-ring (bicyclic) bond motifs is 1. The molecule has 114 valence electrons. The van der Waals surface area contributed by atoms with Crippen molar-refractivity contribution in [3.8, 4) is 0 Å². The standard InChI is InChI=1S/C15H19NO3S2/c1-15(2,3)8-9(6-13(17)18)16-14(19)12-7-11-10(21-12)4-5-20-11/h4-5,7,9H,6,8H2,1-3H3,(H,16,19)(H,17,18). The first-order valence-electron chi connectivity index (χ1n) is 6.74. The molecule has 0 aliphatic rings. The number of hydrogen-bond acceptors (Lipinski definition) is 4. The summed E-state index contributed by atoms with van der Waals surface area (Å²) in [6.45, 7) is 6.11. The summed E-state index contributed by atoms with van der Waals surface area (Å²) in [7, 11) is 0. The monoisotopic (exact) mass is 325 g/mol. The molecule has 2 aromatic rings. The van der Waals surface area contributed by atoms with Crippen LogP contribution in [0.15, 0.2) is 17.5 Å². The maximum atomic E-state index is 12.3. The lowest BCUT2D eigenvalue weighted by Crippen LogP contribution is -2.38. The van der Waals surface area contributed by atoms with Gasteiger partial charge >= 0.3 is 5.97 Å². The molecule has 1 unspecified atom stereocenters. The first-order chi connectivity index (χ1) is 9.74. The molecule has 1 atom stereocenters. The van der Waals surface area contributed by atoms with E-state index >= 15 is 0 Å². The van der Waals surface area contributed by atoms with Crippen molar-refractivity contribution < 1.29 is 14.7 Å². The molecule has 0 radical (unpaired) electrons. The van der Waals surface area contributed by atoms with E-state index in [4.69, 9.17) is 5.11 Å². The van der Waals surface area contributed by atoms with Gasteiger partial charge in [0.1, 0.15) is 0 Å². The molecule has 0 saturated heterocycles. The molecule has 0 aliphatic heterocycles. The third-order valence-electron chi connectivity index (χ3n) is 2.98. The first kappa shape index (κ1) is 16.0. The average Bonchev–Trinajstić information content (AvgIpc) is 2.84. The minimum Gasteiger partial charge on any atom is -0.481 e. The predicted octanol–water partition coefficient (Wildman–Crippen LogP) is 3.97. The Morgan fingerprint density at radius 3 is 2.62 bits per heavy atom. The fourth-order valence-electron chi connectivity index (χ4n) is 2.26. The zero-order valence-electron chi connectivity index (χ0n) is 12.3. The van der Waals surface area contributed by atoms with Crippen molar-refractivity contribution in [2.24, 2.45) is 5.41 Å². The molecule has 0 saturated carbocycles. The summed E-state index contributed by atoms with van der Waals surface area (Å²) >= 11 is 3.04. The van der Waals surface area contributed by atoms with Crippen molar-refractivity contribution in [3.05, 3.63) is 22.4 Å². The zero-order chi connectivity index (χ0) is 15.6. The van der Waals surface area contributed by atoms with E-state index in [0.717, 1.165) is 9.40 Å². The van der Waals surface area contributed by atoms with E-state index in [9.17, 15) is 9.59 Å². The van der Waals surface area contributed by atoms with Crippen molar-refractivity contribution in [2.45, 2.75) is 39.7 Å². The maximum Gasteiger partial charge on any atom is 0.305 e. The molecule has 2 aromatic heterocycles. The molecule has 1 amide bonds. The Bertz CT molecular complexity index is 623.